The normalized spacial score (nSPS) is 15.3. The zero-order valence-corrected chi connectivity index (χ0v) is 12.9. The average molecular weight is 287 g/mol. The fraction of sp³-hybridized carbons (Fsp3) is 0.600. The highest BCUT2D eigenvalue weighted by molar-refractivity contribution is 6.31. The maximum absolute atomic E-state index is 13.3. The summed E-state index contributed by atoms with van der Waals surface area (Å²) in [6.45, 7) is 8.82. The Morgan fingerprint density at radius 2 is 2.00 bits per heavy atom. The Labute approximate surface area is 120 Å². The van der Waals surface area contributed by atoms with E-state index in [-0.39, 0.29) is 17.3 Å². The number of nitrogens with one attached hydrogen (secondary N) is 1. The molecule has 0 spiro atoms. The predicted octanol–water partition coefficient (Wildman–Crippen LogP) is 4.45. The molecular weight excluding hydrogens is 263 g/mol. The van der Waals surface area contributed by atoms with Gasteiger partial charge in [-0.05, 0) is 47.9 Å². The number of hydrogen-bond acceptors (Lipinski definition) is 2. The van der Waals surface area contributed by atoms with Crippen LogP contribution in [0.4, 0.5) is 4.39 Å². The van der Waals surface area contributed by atoms with Crippen LogP contribution in [-0.2, 0) is 0 Å². The molecule has 19 heavy (non-hydrogen) atoms. The first-order valence-electron chi connectivity index (χ1n) is 6.64. The molecule has 4 heteroatoms. The van der Waals surface area contributed by atoms with E-state index in [2.05, 4.69) is 33.1 Å². The molecule has 1 aromatic rings. The van der Waals surface area contributed by atoms with Crippen LogP contribution in [0, 0.1) is 17.2 Å². The number of hydrazine groups is 1. The predicted molar refractivity (Wildman–Crippen MR) is 79.3 cm³/mol. The van der Waals surface area contributed by atoms with Gasteiger partial charge in [0.15, 0.2) is 0 Å². The lowest BCUT2D eigenvalue weighted by Gasteiger charge is -2.27. The number of benzene rings is 1. The molecule has 108 valence electrons. The lowest BCUT2D eigenvalue weighted by Crippen LogP contribution is -2.30. The summed E-state index contributed by atoms with van der Waals surface area (Å²) in [6.07, 6.45) is 1.91. The molecule has 2 nitrogen and oxygen atoms in total. The molecule has 3 N–H and O–H groups in total. The minimum Gasteiger partial charge on any atom is -0.271 e. The summed E-state index contributed by atoms with van der Waals surface area (Å²) >= 11 is 6.12. The summed E-state index contributed by atoms with van der Waals surface area (Å²) in [6, 6.07) is 4.26. The summed E-state index contributed by atoms with van der Waals surface area (Å²) < 4.78 is 13.3. The van der Waals surface area contributed by atoms with Crippen LogP contribution < -0.4 is 11.3 Å². The van der Waals surface area contributed by atoms with Gasteiger partial charge >= 0.3 is 0 Å². The first-order chi connectivity index (χ1) is 8.73. The van der Waals surface area contributed by atoms with E-state index in [0.717, 1.165) is 18.4 Å². The highest BCUT2D eigenvalue weighted by Gasteiger charge is 2.21. The number of nitrogens with two attached hydrogens (primary N) is 1. The Bertz CT molecular complexity index is 415. The monoisotopic (exact) mass is 286 g/mol. The van der Waals surface area contributed by atoms with Gasteiger partial charge in [-0.2, -0.15) is 0 Å². The minimum atomic E-state index is -0.289. The summed E-state index contributed by atoms with van der Waals surface area (Å²) in [5.74, 6) is 5.79. The van der Waals surface area contributed by atoms with Crippen LogP contribution >= 0.6 is 11.6 Å². The second-order valence-electron chi connectivity index (χ2n) is 6.49. The molecule has 0 heterocycles. The smallest absolute Gasteiger partial charge is 0.123 e. The molecule has 0 saturated carbocycles. The van der Waals surface area contributed by atoms with Gasteiger partial charge in [0.05, 0.1) is 0 Å². The van der Waals surface area contributed by atoms with Crippen molar-refractivity contribution in [2.75, 3.05) is 0 Å². The van der Waals surface area contributed by atoms with Crippen molar-refractivity contribution in [2.24, 2.45) is 17.2 Å². The van der Waals surface area contributed by atoms with Crippen molar-refractivity contribution >= 4 is 11.6 Å². The molecule has 0 aliphatic carbocycles. The highest BCUT2D eigenvalue weighted by atomic mass is 35.5. The van der Waals surface area contributed by atoms with Gasteiger partial charge in [-0.15, -0.1) is 0 Å². The molecule has 1 rings (SSSR count). The molecule has 0 aromatic heterocycles. The van der Waals surface area contributed by atoms with Crippen molar-refractivity contribution in [3.63, 3.8) is 0 Å². The van der Waals surface area contributed by atoms with Crippen molar-refractivity contribution in [3.05, 3.63) is 34.6 Å². The lowest BCUT2D eigenvalue weighted by molar-refractivity contribution is 0.276. The number of halogens is 2. The largest absolute Gasteiger partial charge is 0.271 e. The lowest BCUT2D eigenvalue weighted by atomic mass is 9.82. The van der Waals surface area contributed by atoms with E-state index >= 15 is 0 Å². The zero-order chi connectivity index (χ0) is 14.6. The molecule has 2 atom stereocenters. The Hall–Kier alpha value is -0.640. The third kappa shape index (κ3) is 5.47. The van der Waals surface area contributed by atoms with Gasteiger partial charge in [0.2, 0.25) is 0 Å². The Kier molecular flexibility index (Phi) is 5.78. The quantitative estimate of drug-likeness (QED) is 0.620. The maximum atomic E-state index is 13.3. The van der Waals surface area contributed by atoms with Crippen molar-refractivity contribution in [2.45, 2.75) is 46.6 Å². The van der Waals surface area contributed by atoms with Crippen molar-refractivity contribution in [1.82, 2.24) is 5.43 Å². The van der Waals surface area contributed by atoms with Crippen molar-refractivity contribution < 1.29 is 4.39 Å². The topological polar surface area (TPSA) is 38.0 Å². The fourth-order valence-electron chi connectivity index (χ4n) is 2.60. The molecule has 0 aliphatic rings. The standard InChI is InChI=1S/C15H24ClFN2/c1-10(9-15(2,3)4)7-14(19-18)12-8-11(17)5-6-13(12)16/h5-6,8,10,14,19H,7,9,18H2,1-4H3. The van der Waals surface area contributed by atoms with Crippen LogP contribution in [0.2, 0.25) is 5.02 Å². The second-order valence-corrected chi connectivity index (χ2v) is 6.90. The molecule has 1 aromatic carbocycles. The summed E-state index contributed by atoms with van der Waals surface area (Å²) in [5, 5.41) is 0.548. The summed E-state index contributed by atoms with van der Waals surface area (Å²) in [4.78, 5) is 0. The fourth-order valence-corrected chi connectivity index (χ4v) is 2.85. The van der Waals surface area contributed by atoms with Crippen molar-refractivity contribution in [1.29, 1.82) is 0 Å². The van der Waals surface area contributed by atoms with Gasteiger partial charge in [-0.3, -0.25) is 11.3 Å². The van der Waals surface area contributed by atoms with E-state index in [1.807, 2.05) is 0 Å². The zero-order valence-electron chi connectivity index (χ0n) is 12.1. The number of hydrogen-bond donors (Lipinski definition) is 2. The van der Waals surface area contributed by atoms with Gasteiger partial charge in [0, 0.05) is 11.1 Å². The third-order valence-electron chi connectivity index (χ3n) is 3.13. The number of rotatable bonds is 5. The summed E-state index contributed by atoms with van der Waals surface area (Å²) in [5.41, 5.74) is 3.75. The molecule has 0 radical (unpaired) electrons. The Balaban J connectivity index is 2.80. The second kappa shape index (κ2) is 6.69. The molecular formula is C15H24ClFN2. The van der Waals surface area contributed by atoms with Crippen LogP contribution in [-0.4, -0.2) is 0 Å². The minimum absolute atomic E-state index is 0.124. The van der Waals surface area contributed by atoms with Crippen LogP contribution in [0.3, 0.4) is 0 Å². The van der Waals surface area contributed by atoms with Crippen LogP contribution in [0.15, 0.2) is 18.2 Å². The van der Waals surface area contributed by atoms with Gasteiger partial charge in [0.25, 0.3) is 0 Å². The van der Waals surface area contributed by atoms with E-state index in [4.69, 9.17) is 17.4 Å². The first-order valence-corrected chi connectivity index (χ1v) is 7.02. The van der Waals surface area contributed by atoms with E-state index in [0.29, 0.717) is 10.9 Å². The van der Waals surface area contributed by atoms with Gasteiger partial charge in [-0.1, -0.05) is 39.3 Å². The van der Waals surface area contributed by atoms with Crippen molar-refractivity contribution in [3.8, 4) is 0 Å². The van der Waals surface area contributed by atoms with Crippen LogP contribution in [0.25, 0.3) is 0 Å². The van der Waals surface area contributed by atoms with Gasteiger partial charge < -0.3 is 0 Å². The first kappa shape index (κ1) is 16.4. The van der Waals surface area contributed by atoms with E-state index in [1.54, 1.807) is 6.07 Å². The third-order valence-corrected chi connectivity index (χ3v) is 3.48. The maximum Gasteiger partial charge on any atom is 0.123 e. The van der Waals surface area contributed by atoms with Crippen LogP contribution in [0.1, 0.15) is 52.1 Å². The Morgan fingerprint density at radius 3 is 2.53 bits per heavy atom. The highest BCUT2D eigenvalue weighted by Crippen LogP contribution is 2.32. The molecule has 0 fully saturated rings. The SMILES string of the molecule is CC(CC(NN)c1cc(F)ccc1Cl)CC(C)(C)C. The molecule has 0 bridgehead atoms. The molecule has 0 saturated heterocycles. The van der Waals surface area contributed by atoms with E-state index in [9.17, 15) is 4.39 Å². The Morgan fingerprint density at radius 1 is 1.37 bits per heavy atom. The molecule has 0 aliphatic heterocycles. The molecule has 2 unspecified atom stereocenters. The van der Waals surface area contributed by atoms with Gasteiger partial charge in [-0.25, -0.2) is 4.39 Å². The van der Waals surface area contributed by atoms with E-state index in [1.165, 1.54) is 12.1 Å². The molecule has 0 amide bonds. The van der Waals surface area contributed by atoms with Gasteiger partial charge in [0.1, 0.15) is 5.82 Å². The average Bonchev–Trinajstić information content (AvgIpc) is 2.27. The van der Waals surface area contributed by atoms with E-state index < -0.39 is 0 Å². The summed E-state index contributed by atoms with van der Waals surface area (Å²) in [7, 11) is 0. The van der Waals surface area contributed by atoms with Crippen LogP contribution in [0.5, 0.6) is 0 Å².